The van der Waals surface area contributed by atoms with E-state index in [0.717, 1.165) is 12.8 Å². The third kappa shape index (κ3) is 2.81. The van der Waals surface area contributed by atoms with Gasteiger partial charge in [-0.25, -0.2) is 0 Å². The van der Waals surface area contributed by atoms with Crippen molar-refractivity contribution >= 4 is 0 Å². The van der Waals surface area contributed by atoms with Crippen LogP contribution >= 0.6 is 0 Å². The fourth-order valence-corrected chi connectivity index (χ4v) is 1.18. The van der Waals surface area contributed by atoms with Crippen molar-refractivity contribution in [3.8, 4) is 0 Å². The molecule has 0 saturated heterocycles. The average Bonchev–Trinajstić information content (AvgIpc) is 1.89. The van der Waals surface area contributed by atoms with Crippen LogP contribution in [-0.4, -0.2) is 6.54 Å². The van der Waals surface area contributed by atoms with E-state index < -0.39 is 0 Å². The minimum atomic E-state index is 0. The van der Waals surface area contributed by atoms with Crippen LogP contribution in [0.3, 0.4) is 0 Å². The molecule has 2 atom stereocenters. The molecule has 0 heterocycles. The summed E-state index contributed by atoms with van der Waals surface area (Å²) in [5, 5.41) is 0. The van der Waals surface area contributed by atoms with Crippen LogP contribution in [0.2, 0.25) is 0 Å². The normalized spacial score (nSPS) is 31.4. The molecule has 1 N–H and O–H groups in total. The molecule has 1 radical (unpaired) electrons. The van der Waals surface area contributed by atoms with Gasteiger partial charge in [0.1, 0.15) is 0 Å². The van der Waals surface area contributed by atoms with Crippen LogP contribution in [0.4, 0.5) is 0 Å². The van der Waals surface area contributed by atoms with Crippen LogP contribution in [0.25, 0.3) is 5.73 Å². The van der Waals surface area contributed by atoms with E-state index in [1.54, 1.807) is 0 Å². The average molecular weight is 212 g/mol. The van der Waals surface area contributed by atoms with Gasteiger partial charge >= 0.3 is 0 Å². The number of hydrogen-bond acceptors (Lipinski definition) is 0. The molecule has 0 bridgehead atoms. The molecule has 0 saturated carbocycles. The second kappa shape index (κ2) is 5.45. The predicted octanol–water partition coefficient (Wildman–Crippen LogP) is 2.45. The minimum Gasteiger partial charge on any atom is -0.677 e. The maximum atomic E-state index is 7.15. The first-order chi connectivity index (χ1) is 4.34. The van der Waals surface area contributed by atoms with Gasteiger partial charge in [0, 0.05) is 32.7 Å². The molecule has 0 aromatic heterocycles. The van der Waals surface area contributed by atoms with E-state index in [-0.39, 0.29) is 32.7 Å². The summed E-state index contributed by atoms with van der Waals surface area (Å²) in [5.74, 6) is 1.02. The monoisotopic (exact) mass is 212 g/mol. The summed E-state index contributed by atoms with van der Waals surface area (Å²) < 4.78 is 0. The zero-order valence-electron chi connectivity index (χ0n) is 6.22. The summed E-state index contributed by atoms with van der Waals surface area (Å²) >= 11 is 0. The maximum absolute atomic E-state index is 7.15. The molecule has 10 heavy (non-hydrogen) atoms. The molecule has 1 aliphatic rings. The Morgan fingerprint density at radius 2 is 2.00 bits per heavy atom. The third-order valence-corrected chi connectivity index (χ3v) is 1.97. The van der Waals surface area contributed by atoms with Crippen LogP contribution in [0, 0.1) is 18.8 Å². The molecule has 55 valence electrons. The Hall–Kier alpha value is 0.804. The van der Waals surface area contributed by atoms with Crippen molar-refractivity contribution in [1.29, 1.82) is 0 Å². The van der Waals surface area contributed by atoms with Gasteiger partial charge in [0.2, 0.25) is 0 Å². The summed E-state index contributed by atoms with van der Waals surface area (Å²) in [7, 11) is 0. The van der Waals surface area contributed by atoms with E-state index >= 15 is 0 Å². The zero-order valence-corrected chi connectivity index (χ0v) is 9.05. The van der Waals surface area contributed by atoms with Gasteiger partial charge in [-0.1, -0.05) is 24.5 Å². The Balaban J connectivity index is 0.000000810. The SMILES string of the molecule is [CH2-]C1CC=CCC1C[NH-].[Y]. The van der Waals surface area contributed by atoms with E-state index in [0.29, 0.717) is 18.4 Å². The molecule has 0 amide bonds. The van der Waals surface area contributed by atoms with Crippen molar-refractivity contribution in [2.24, 2.45) is 11.8 Å². The maximum Gasteiger partial charge on any atom is 0 e. The fourth-order valence-electron chi connectivity index (χ4n) is 1.18. The Morgan fingerprint density at radius 1 is 1.40 bits per heavy atom. The molecule has 0 aliphatic heterocycles. The summed E-state index contributed by atoms with van der Waals surface area (Å²) in [5.41, 5.74) is 7.15. The first-order valence-electron chi connectivity index (χ1n) is 3.47. The summed E-state index contributed by atoms with van der Waals surface area (Å²) in [6, 6.07) is 0. The topological polar surface area (TPSA) is 23.8 Å². The summed E-state index contributed by atoms with van der Waals surface area (Å²) in [6.07, 6.45) is 6.48. The first kappa shape index (κ1) is 10.8. The Labute approximate surface area is 88.3 Å². The number of allylic oxidation sites excluding steroid dienone is 2. The van der Waals surface area contributed by atoms with E-state index in [2.05, 4.69) is 19.1 Å². The molecule has 0 spiro atoms. The molecule has 0 aromatic rings. The van der Waals surface area contributed by atoms with Crippen molar-refractivity contribution in [2.75, 3.05) is 6.54 Å². The number of hydrogen-bond donors (Lipinski definition) is 0. The summed E-state index contributed by atoms with van der Waals surface area (Å²) in [6.45, 7) is 4.52. The molecular weight excluding hydrogens is 199 g/mol. The Kier molecular flexibility index (Phi) is 5.89. The molecule has 0 fully saturated rings. The second-order valence-electron chi connectivity index (χ2n) is 2.67. The molecule has 1 aliphatic carbocycles. The fraction of sp³-hybridized carbons (Fsp3) is 0.625. The molecule has 2 unspecified atom stereocenters. The van der Waals surface area contributed by atoms with Gasteiger partial charge in [0.15, 0.2) is 0 Å². The van der Waals surface area contributed by atoms with Crippen molar-refractivity contribution in [1.82, 2.24) is 0 Å². The van der Waals surface area contributed by atoms with Gasteiger partial charge < -0.3 is 12.7 Å². The smallest absolute Gasteiger partial charge is 0 e. The van der Waals surface area contributed by atoms with E-state index in [4.69, 9.17) is 5.73 Å². The minimum absolute atomic E-state index is 0. The molecule has 1 nitrogen and oxygen atoms in total. The van der Waals surface area contributed by atoms with Gasteiger partial charge in [-0.05, 0) is 6.42 Å². The Bertz CT molecular complexity index is 112. The molecule has 1 rings (SSSR count). The van der Waals surface area contributed by atoms with Crippen LogP contribution in [-0.2, 0) is 32.7 Å². The van der Waals surface area contributed by atoms with Crippen LogP contribution < -0.4 is 0 Å². The van der Waals surface area contributed by atoms with Gasteiger partial charge in [-0.2, -0.15) is 12.5 Å². The number of rotatable bonds is 1. The van der Waals surface area contributed by atoms with Crippen molar-refractivity contribution in [2.45, 2.75) is 12.8 Å². The van der Waals surface area contributed by atoms with Gasteiger partial charge in [0.25, 0.3) is 0 Å². The summed E-state index contributed by atoms with van der Waals surface area (Å²) in [4.78, 5) is 0. The van der Waals surface area contributed by atoms with Gasteiger partial charge in [-0.15, -0.1) is 0 Å². The Morgan fingerprint density at radius 3 is 2.40 bits per heavy atom. The van der Waals surface area contributed by atoms with Crippen molar-refractivity contribution < 1.29 is 32.7 Å². The van der Waals surface area contributed by atoms with E-state index in [9.17, 15) is 0 Å². The molecule has 0 aromatic carbocycles. The van der Waals surface area contributed by atoms with Crippen molar-refractivity contribution in [3.05, 3.63) is 24.8 Å². The zero-order chi connectivity index (χ0) is 6.69. The van der Waals surface area contributed by atoms with E-state index in [1.807, 2.05) is 0 Å². The third-order valence-electron chi connectivity index (χ3n) is 1.97. The molecular formula is C8H13NY-2. The van der Waals surface area contributed by atoms with Crippen LogP contribution in [0.15, 0.2) is 12.2 Å². The number of nitrogens with one attached hydrogen (secondary N) is 1. The van der Waals surface area contributed by atoms with E-state index in [1.165, 1.54) is 0 Å². The van der Waals surface area contributed by atoms with Crippen LogP contribution in [0.1, 0.15) is 12.8 Å². The first-order valence-corrected chi connectivity index (χ1v) is 3.47. The van der Waals surface area contributed by atoms with Gasteiger partial charge in [-0.3, -0.25) is 0 Å². The largest absolute Gasteiger partial charge is 0.677 e. The van der Waals surface area contributed by atoms with Crippen LogP contribution in [0.5, 0.6) is 0 Å². The standard InChI is InChI=1S/C8H13N.Y/c1-7-4-2-3-5-8(7)6-9;/h2-3,7-9H,1,4-6H2;/q-2;. The second-order valence-corrected chi connectivity index (χ2v) is 2.67. The quantitative estimate of drug-likeness (QED) is 0.471. The molecule has 2 heteroatoms. The van der Waals surface area contributed by atoms with Crippen molar-refractivity contribution in [3.63, 3.8) is 0 Å². The van der Waals surface area contributed by atoms with Gasteiger partial charge in [0.05, 0.1) is 0 Å². The predicted molar refractivity (Wildman–Crippen MR) is 39.9 cm³/mol.